The third kappa shape index (κ3) is 1.11. The maximum absolute atomic E-state index is 2.39. The molecule has 10 heavy (non-hydrogen) atoms. The van der Waals surface area contributed by atoms with Gasteiger partial charge in [-0.3, -0.25) is 0 Å². The Morgan fingerprint density at radius 1 is 1.50 bits per heavy atom. The van der Waals surface area contributed by atoms with Gasteiger partial charge in [0.2, 0.25) is 0 Å². The molecule has 0 bridgehead atoms. The van der Waals surface area contributed by atoms with Crippen LogP contribution in [-0.2, 0) is 0 Å². The molecule has 0 saturated carbocycles. The average Bonchev–Trinajstić information content (AvgIpc) is 2.30. The Bertz CT molecular complexity index is 140. The smallest absolute Gasteiger partial charge is 0.0993 e. The lowest BCUT2D eigenvalue weighted by Crippen LogP contribution is -2.19. The summed E-state index contributed by atoms with van der Waals surface area (Å²) in [6.45, 7) is 7.78. The van der Waals surface area contributed by atoms with Crippen LogP contribution in [0.1, 0.15) is 13.8 Å². The van der Waals surface area contributed by atoms with Gasteiger partial charge in [-0.2, -0.15) is 0 Å². The van der Waals surface area contributed by atoms with Gasteiger partial charge in [0.05, 0.1) is 5.82 Å². The Kier molecular flexibility index (Phi) is 2.20. The van der Waals surface area contributed by atoms with E-state index in [1.54, 1.807) is 0 Å². The van der Waals surface area contributed by atoms with Gasteiger partial charge in [0.1, 0.15) is 0 Å². The van der Waals surface area contributed by atoms with Crippen molar-refractivity contribution in [1.29, 1.82) is 0 Å². The minimum atomic E-state index is 1.13. The summed E-state index contributed by atoms with van der Waals surface area (Å²) in [6.07, 6.45) is 2.18. The maximum Gasteiger partial charge on any atom is 0.0993 e. The minimum absolute atomic E-state index is 1.13. The number of hydrogen-bond donors (Lipinski definition) is 0. The van der Waals surface area contributed by atoms with Gasteiger partial charge in [0.15, 0.2) is 0 Å². The van der Waals surface area contributed by atoms with E-state index in [4.69, 9.17) is 0 Å². The maximum atomic E-state index is 2.39. The van der Waals surface area contributed by atoms with E-state index in [1.807, 2.05) is 0 Å². The third-order valence-corrected chi connectivity index (χ3v) is 2.06. The molecule has 0 aromatic carbocycles. The fourth-order valence-electron chi connectivity index (χ4n) is 1.46. The van der Waals surface area contributed by atoms with Crippen molar-refractivity contribution in [3.8, 4) is 0 Å². The van der Waals surface area contributed by atoms with E-state index >= 15 is 0 Å². The standard InChI is InChI=1S/C8H16N2/c1-4-8-9(3)6-7-10(8)5-2/h4H,5-7H2,1-3H3/b8-4-. The molecule has 0 aromatic heterocycles. The summed E-state index contributed by atoms with van der Waals surface area (Å²) in [7, 11) is 2.14. The van der Waals surface area contributed by atoms with Crippen molar-refractivity contribution in [2.24, 2.45) is 0 Å². The lowest BCUT2D eigenvalue weighted by Gasteiger charge is -2.19. The molecular weight excluding hydrogens is 124 g/mol. The average molecular weight is 140 g/mol. The van der Waals surface area contributed by atoms with Crippen molar-refractivity contribution >= 4 is 0 Å². The van der Waals surface area contributed by atoms with Crippen LogP contribution >= 0.6 is 0 Å². The molecule has 0 radical (unpaired) electrons. The van der Waals surface area contributed by atoms with Gasteiger partial charge >= 0.3 is 0 Å². The molecule has 0 amide bonds. The zero-order valence-corrected chi connectivity index (χ0v) is 7.09. The first kappa shape index (κ1) is 7.45. The van der Waals surface area contributed by atoms with Crippen LogP contribution in [0.2, 0.25) is 0 Å². The van der Waals surface area contributed by atoms with Crippen LogP contribution in [0, 0.1) is 0 Å². The highest BCUT2D eigenvalue weighted by atomic mass is 15.4. The normalized spacial score (nSPS) is 22.9. The molecule has 0 spiro atoms. The second-order valence-electron chi connectivity index (χ2n) is 2.65. The zero-order valence-electron chi connectivity index (χ0n) is 7.09. The molecule has 0 N–H and O–H groups in total. The van der Waals surface area contributed by atoms with Crippen molar-refractivity contribution in [2.75, 3.05) is 26.7 Å². The van der Waals surface area contributed by atoms with Gasteiger partial charge in [0.25, 0.3) is 0 Å². The molecule has 0 atom stereocenters. The van der Waals surface area contributed by atoms with Gasteiger partial charge in [-0.25, -0.2) is 0 Å². The molecule has 1 heterocycles. The van der Waals surface area contributed by atoms with E-state index < -0.39 is 0 Å². The SMILES string of the molecule is C/C=C1/N(C)CCN1CC. The lowest BCUT2D eigenvalue weighted by atomic mass is 10.5. The van der Waals surface area contributed by atoms with Crippen molar-refractivity contribution in [1.82, 2.24) is 9.80 Å². The monoisotopic (exact) mass is 140 g/mol. The quantitative estimate of drug-likeness (QED) is 0.538. The van der Waals surface area contributed by atoms with E-state index in [9.17, 15) is 0 Å². The summed E-state index contributed by atoms with van der Waals surface area (Å²) < 4.78 is 0. The number of allylic oxidation sites excluding steroid dienone is 1. The van der Waals surface area contributed by atoms with Crippen molar-refractivity contribution in [3.63, 3.8) is 0 Å². The molecule has 2 nitrogen and oxygen atoms in total. The summed E-state index contributed by atoms with van der Waals surface area (Å²) in [4.78, 5) is 4.68. The molecule has 0 aromatic rings. The number of hydrogen-bond acceptors (Lipinski definition) is 2. The fourth-order valence-corrected chi connectivity index (χ4v) is 1.46. The molecular formula is C8H16N2. The van der Waals surface area contributed by atoms with Crippen LogP contribution in [0.4, 0.5) is 0 Å². The Morgan fingerprint density at radius 3 is 2.60 bits per heavy atom. The molecule has 0 unspecified atom stereocenters. The summed E-state index contributed by atoms with van der Waals surface area (Å²) in [5, 5.41) is 0. The third-order valence-electron chi connectivity index (χ3n) is 2.06. The van der Waals surface area contributed by atoms with E-state index in [-0.39, 0.29) is 0 Å². The molecule has 58 valence electrons. The number of rotatable bonds is 1. The molecule has 1 fully saturated rings. The summed E-state index contributed by atoms with van der Waals surface area (Å²) in [5.74, 6) is 1.38. The van der Waals surface area contributed by atoms with Gasteiger partial charge in [-0.05, 0) is 19.9 Å². The minimum Gasteiger partial charge on any atom is -0.360 e. The first-order valence-electron chi connectivity index (χ1n) is 3.92. The van der Waals surface area contributed by atoms with E-state index in [0.717, 1.165) is 6.54 Å². The number of nitrogens with zero attached hydrogens (tertiary/aromatic N) is 2. The van der Waals surface area contributed by atoms with Crippen LogP contribution in [0.25, 0.3) is 0 Å². The summed E-state index contributed by atoms with van der Waals surface area (Å²) in [6, 6.07) is 0. The van der Waals surface area contributed by atoms with Crippen LogP contribution < -0.4 is 0 Å². The Morgan fingerprint density at radius 2 is 2.20 bits per heavy atom. The molecule has 1 aliphatic heterocycles. The van der Waals surface area contributed by atoms with Crippen LogP contribution in [0.15, 0.2) is 11.9 Å². The highest BCUT2D eigenvalue weighted by Crippen LogP contribution is 2.14. The summed E-state index contributed by atoms with van der Waals surface area (Å²) in [5.41, 5.74) is 0. The Labute approximate surface area is 63.1 Å². The van der Waals surface area contributed by atoms with Crippen LogP contribution in [0.5, 0.6) is 0 Å². The molecule has 1 saturated heterocycles. The van der Waals surface area contributed by atoms with Gasteiger partial charge in [-0.15, -0.1) is 0 Å². The fraction of sp³-hybridized carbons (Fsp3) is 0.750. The van der Waals surface area contributed by atoms with Crippen molar-refractivity contribution < 1.29 is 0 Å². The van der Waals surface area contributed by atoms with E-state index in [2.05, 4.69) is 36.8 Å². The molecule has 1 aliphatic rings. The van der Waals surface area contributed by atoms with Gasteiger partial charge in [-0.1, -0.05) is 0 Å². The second kappa shape index (κ2) is 2.95. The number of likely N-dealkylation sites (N-methyl/N-ethyl adjacent to an activating group) is 2. The van der Waals surface area contributed by atoms with E-state index in [0.29, 0.717) is 0 Å². The first-order valence-corrected chi connectivity index (χ1v) is 3.92. The van der Waals surface area contributed by atoms with Crippen molar-refractivity contribution in [3.05, 3.63) is 11.9 Å². The van der Waals surface area contributed by atoms with Crippen molar-refractivity contribution in [2.45, 2.75) is 13.8 Å². The van der Waals surface area contributed by atoms with Crippen LogP contribution in [0.3, 0.4) is 0 Å². The second-order valence-corrected chi connectivity index (χ2v) is 2.65. The Balaban J connectivity index is 2.64. The molecule has 2 heteroatoms. The largest absolute Gasteiger partial charge is 0.360 e. The highest BCUT2D eigenvalue weighted by Gasteiger charge is 2.17. The lowest BCUT2D eigenvalue weighted by molar-refractivity contribution is 0.381. The zero-order chi connectivity index (χ0) is 7.56. The van der Waals surface area contributed by atoms with Crippen LogP contribution in [-0.4, -0.2) is 36.5 Å². The first-order chi connectivity index (χ1) is 4.79. The Hall–Kier alpha value is -0.660. The van der Waals surface area contributed by atoms with Gasteiger partial charge in [0, 0.05) is 26.7 Å². The topological polar surface area (TPSA) is 6.48 Å². The summed E-state index contributed by atoms with van der Waals surface area (Å²) >= 11 is 0. The van der Waals surface area contributed by atoms with Gasteiger partial charge < -0.3 is 9.80 Å². The predicted molar refractivity (Wildman–Crippen MR) is 43.6 cm³/mol. The van der Waals surface area contributed by atoms with E-state index in [1.165, 1.54) is 18.9 Å². The molecule has 1 rings (SSSR count). The molecule has 0 aliphatic carbocycles. The highest BCUT2D eigenvalue weighted by molar-refractivity contribution is 5.02. The predicted octanol–water partition coefficient (Wildman–Crippen LogP) is 1.12.